The summed E-state index contributed by atoms with van der Waals surface area (Å²) in [6, 6.07) is 11.8. The Balaban J connectivity index is 0.00000300. The van der Waals surface area contributed by atoms with Gasteiger partial charge in [0, 0.05) is 57.9 Å². The summed E-state index contributed by atoms with van der Waals surface area (Å²) in [5.74, 6) is 0.961. The van der Waals surface area contributed by atoms with E-state index in [2.05, 4.69) is 64.6 Å². The molecule has 0 amide bonds. The summed E-state index contributed by atoms with van der Waals surface area (Å²) >= 11 is 0. The van der Waals surface area contributed by atoms with Gasteiger partial charge in [-0.05, 0) is 32.3 Å². The van der Waals surface area contributed by atoms with Crippen molar-refractivity contribution in [3.05, 3.63) is 35.9 Å². The lowest BCUT2D eigenvalue weighted by molar-refractivity contribution is 0.0377. The molecule has 2 unspecified atom stereocenters. The molecule has 0 aromatic heterocycles. The number of rotatable bonds is 8. The van der Waals surface area contributed by atoms with E-state index in [4.69, 9.17) is 9.73 Å². The molecule has 0 radical (unpaired) electrons. The Kier molecular flexibility index (Phi) is 11.3. The predicted octanol–water partition coefficient (Wildman–Crippen LogP) is 2.54. The summed E-state index contributed by atoms with van der Waals surface area (Å²) in [4.78, 5) is 9.85. The molecular formula is C22H38IN5O. The summed E-state index contributed by atoms with van der Waals surface area (Å²) in [5, 5.41) is 7.08. The topological polar surface area (TPSA) is 52.1 Å². The van der Waals surface area contributed by atoms with E-state index in [1.165, 1.54) is 5.56 Å². The molecule has 2 N–H and O–H groups in total. The van der Waals surface area contributed by atoms with Crippen molar-refractivity contribution in [1.29, 1.82) is 0 Å². The largest absolute Gasteiger partial charge is 0.379 e. The van der Waals surface area contributed by atoms with Crippen LogP contribution < -0.4 is 10.6 Å². The first-order valence-electron chi connectivity index (χ1n) is 10.9. The number of likely N-dealkylation sites (tertiary alicyclic amines) is 1. The van der Waals surface area contributed by atoms with Crippen molar-refractivity contribution in [3.8, 4) is 0 Å². The van der Waals surface area contributed by atoms with Crippen LogP contribution >= 0.6 is 24.0 Å². The molecule has 3 rings (SSSR count). The van der Waals surface area contributed by atoms with Crippen LogP contribution in [0.3, 0.4) is 0 Å². The third-order valence-electron chi connectivity index (χ3n) is 5.62. The predicted molar refractivity (Wildman–Crippen MR) is 131 cm³/mol. The van der Waals surface area contributed by atoms with Gasteiger partial charge in [0.25, 0.3) is 0 Å². The third-order valence-corrected chi connectivity index (χ3v) is 5.62. The number of nitrogens with one attached hydrogen (secondary N) is 2. The highest BCUT2D eigenvalue weighted by Gasteiger charge is 2.29. The monoisotopic (exact) mass is 515 g/mol. The van der Waals surface area contributed by atoms with Crippen LogP contribution in [0, 0.1) is 0 Å². The first-order chi connectivity index (χ1) is 13.7. The lowest BCUT2D eigenvalue weighted by Gasteiger charge is -2.26. The average Bonchev–Trinajstić information content (AvgIpc) is 3.05. The number of guanidine groups is 1. The molecule has 6 nitrogen and oxygen atoms in total. The molecular weight excluding hydrogens is 477 g/mol. The van der Waals surface area contributed by atoms with Crippen molar-refractivity contribution in [1.82, 2.24) is 20.4 Å². The van der Waals surface area contributed by atoms with Gasteiger partial charge < -0.3 is 15.4 Å². The summed E-state index contributed by atoms with van der Waals surface area (Å²) in [7, 11) is 0. The molecule has 2 atom stereocenters. The van der Waals surface area contributed by atoms with E-state index in [1.54, 1.807) is 0 Å². The number of nitrogens with zero attached hydrogens (tertiary/aromatic N) is 3. The Bertz CT molecular complexity index is 594. The maximum atomic E-state index is 5.41. The van der Waals surface area contributed by atoms with Crippen LogP contribution in [0.25, 0.3) is 0 Å². The first-order valence-corrected chi connectivity index (χ1v) is 10.9. The van der Waals surface area contributed by atoms with Crippen LogP contribution in [0.2, 0.25) is 0 Å². The molecule has 0 saturated carbocycles. The van der Waals surface area contributed by atoms with Gasteiger partial charge in [-0.25, -0.2) is 0 Å². The molecule has 2 aliphatic rings. The van der Waals surface area contributed by atoms with E-state index < -0.39 is 0 Å². The van der Waals surface area contributed by atoms with Gasteiger partial charge in [-0.2, -0.15) is 0 Å². The van der Waals surface area contributed by atoms with Gasteiger partial charge >= 0.3 is 0 Å². The van der Waals surface area contributed by atoms with E-state index in [1.807, 2.05) is 0 Å². The highest BCUT2D eigenvalue weighted by Crippen LogP contribution is 2.20. The lowest BCUT2D eigenvalue weighted by Crippen LogP contribution is -2.44. The molecule has 7 heteroatoms. The second-order valence-electron chi connectivity index (χ2n) is 7.91. The number of hydrogen-bond acceptors (Lipinski definition) is 4. The first kappa shape index (κ1) is 24.4. The average molecular weight is 515 g/mol. The molecule has 2 fully saturated rings. The molecule has 2 heterocycles. The van der Waals surface area contributed by atoms with E-state index in [0.717, 1.165) is 77.8 Å². The van der Waals surface area contributed by atoms with Gasteiger partial charge in [-0.3, -0.25) is 14.8 Å². The number of halogens is 1. The highest BCUT2D eigenvalue weighted by atomic mass is 127. The van der Waals surface area contributed by atoms with E-state index in [-0.39, 0.29) is 24.0 Å². The van der Waals surface area contributed by atoms with Gasteiger partial charge in [-0.15, -0.1) is 24.0 Å². The molecule has 0 bridgehead atoms. The fourth-order valence-corrected chi connectivity index (χ4v) is 4.06. The second kappa shape index (κ2) is 13.4. The fourth-order valence-electron chi connectivity index (χ4n) is 4.06. The van der Waals surface area contributed by atoms with Gasteiger partial charge in [0.05, 0.1) is 13.2 Å². The van der Waals surface area contributed by atoms with Crippen LogP contribution in [0.15, 0.2) is 35.3 Å². The molecule has 0 spiro atoms. The Morgan fingerprint density at radius 1 is 1.21 bits per heavy atom. The van der Waals surface area contributed by atoms with Gasteiger partial charge in [0.15, 0.2) is 5.96 Å². The summed E-state index contributed by atoms with van der Waals surface area (Å²) in [6.45, 7) is 13.3. The van der Waals surface area contributed by atoms with Crippen molar-refractivity contribution in [3.63, 3.8) is 0 Å². The zero-order valence-electron chi connectivity index (χ0n) is 18.0. The fraction of sp³-hybridized carbons (Fsp3) is 0.682. The molecule has 29 heavy (non-hydrogen) atoms. The Morgan fingerprint density at radius 3 is 2.69 bits per heavy atom. The third kappa shape index (κ3) is 8.39. The summed E-state index contributed by atoms with van der Waals surface area (Å²) in [6.07, 6.45) is 2.25. The number of benzene rings is 1. The standard InChI is InChI=1S/C22H37N5O.HI/c1-3-23-22(24-10-7-11-26-12-14-28-15-13-26)25-21-16-19(2)27(18-21)17-20-8-5-4-6-9-20;/h4-6,8-9,19,21H,3,7,10-18H2,1-2H3,(H2,23,24,25);1H. The van der Waals surface area contributed by atoms with Crippen molar-refractivity contribution >= 4 is 29.9 Å². The van der Waals surface area contributed by atoms with Crippen LogP contribution in [-0.4, -0.2) is 80.3 Å². The molecule has 2 aliphatic heterocycles. The maximum absolute atomic E-state index is 5.41. The van der Waals surface area contributed by atoms with Crippen molar-refractivity contribution in [2.75, 3.05) is 52.5 Å². The van der Waals surface area contributed by atoms with Crippen molar-refractivity contribution in [2.24, 2.45) is 4.99 Å². The summed E-state index contributed by atoms with van der Waals surface area (Å²) < 4.78 is 5.41. The molecule has 2 saturated heterocycles. The van der Waals surface area contributed by atoms with Crippen molar-refractivity contribution < 1.29 is 4.74 Å². The van der Waals surface area contributed by atoms with E-state index in [9.17, 15) is 0 Å². The van der Waals surface area contributed by atoms with E-state index >= 15 is 0 Å². The molecule has 1 aromatic carbocycles. The Morgan fingerprint density at radius 2 is 1.97 bits per heavy atom. The number of morpholine rings is 1. The van der Waals surface area contributed by atoms with Gasteiger partial charge in [-0.1, -0.05) is 30.3 Å². The zero-order valence-corrected chi connectivity index (χ0v) is 20.3. The molecule has 0 aliphatic carbocycles. The van der Waals surface area contributed by atoms with E-state index in [0.29, 0.717) is 12.1 Å². The lowest BCUT2D eigenvalue weighted by atomic mass is 10.2. The van der Waals surface area contributed by atoms with Crippen LogP contribution in [0.5, 0.6) is 0 Å². The van der Waals surface area contributed by atoms with Crippen molar-refractivity contribution in [2.45, 2.75) is 45.3 Å². The Hall–Kier alpha value is -0.900. The Labute approximate surface area is 193 Å². The minimum atomic E-state index is 0. The minimum Gasteiger partial charge on any atom is -0.379 e. The number of aliphatic imine (C=N–C) groups is 1. The SMILES string of the molecule is CCNC(=NCCCN1CCOCC1)NC1CC(C)N(Cc2ccccc2)C1.I. The van der Waals surface area contributed by atoms with Crippen LogP contribution in [0.1, 0.15) is 32.3 Å². The molecule has 164 valence electrons. The van der Waals surface area contributed by atoms with Gasteiger partial charge in [0.2, 0.25) is 0 Å². The van der Waals surface area contributed by atoms with Gasteiger partial charge in [0.1, 0.15) is 0 Å². The smallest absolute Gasteiger partial charge is 0.191 e. The zero-order chi connectivity index (χ0) is 19.6. The maximum Gasteiger partial charge on any atom is 0.191 e. The molecule has 1 aromatic rings. The normalized spacial score (nSPS) is 23.6. The quantitative estimate of drug-likeness (QED) is 0.241. The second-order valence-corrected chi connectivity index (χ2v) is 7.91. The number of hydrogen-bond donors (Lipinski definition) is 2. The highest BCUT2D eigenvalue weighted by molar-refractivity contribution is 14.0. The van der Waals surface area contributed by atoms with Crippen LogP contribution in [-0.2, 0) is 11.3 Å². The number of ether oxygens (including phenoxy) is 1. The summed E-state index contributed by atoms with van der Waals surface area (Å²) in [5.41, 5.74) is 1.39. The van der Waals surface area contributed by atoms with Crippen LogP contribution in [0.4, 0.5) is 0 Å². The minimum absolute atomic E-state index is 0.